The van der Waals surface area contributed by atoms with Crippen molar-refractivity contribution in [1.29, 1.82) is 0 Å². The molecule has 5 nitrogen and oxygen atoms in total. The molecule has 1 rings (SSSR count). The lowest BCUT2D eigenvalue weighted by Crippen LogP contribution is -2.45. The van der Waals surface area contributed by atoms with Gasteiger partial charge >= 0.3 is 0 Å². The van der Waals surface area contributed by atoms with E-state index in [-0.39, 0.29) is 36.0 Å². The van der Waals surface area contributed by atoms with Gasteiger partial charge in [0, 0.05) is 36.6 Å². The van der Waals surface area contributed by atoms with Crippen molar-refractivity contribution in [2.24, 2.45) is 0 Å². The molecule has 0 aliphatic carbocycles. The van der Waals surface area contributed by atoms with E-state index in [4.69, 9.17) is 0 Å². The Labute approximate surface area is 146 Å². The number of carbonyl (C=O) groups excluding carboxylic acids is 2. The molecule has 0 spiro atoms. The van der Waals surface area contributed by atoms with Crippen LogP contribution in [0.2, 0.25) is 0 Å². The van der Waals surface area contributed by atoms with Crippen molar-refractivity contribution in [3.8, 4) is 0 Å². The highest BCUT2D eigenvalue weighted by molar-refractivity contribution is 6.07. The minimum atomic E-state index is -0.149. The summed E-state index contributed by atoms with van der Waals surface area (Å²) < 4.78 is 0. The second-order valence-electron chi connectivity index (χ2n) is 7.22. The van der Waals surface area contributed by atoms with Crippen LogP contribution in [0.15, 0.2) is 18.5 Å². The molecule has 1 heterocycles. The zero-order valence-corrected chi connectivity index (χ0v) is 16.2. The topological polar surface area (TPSA) is 53.5 Å². The third-order valence-corrected chi connectivity index (χ3v) is 3.98. The number of hydrogen-bond acceptors (Lipinski definition) is 3. The zero-order chi connectivity index (χ0) is 18.6. The second kappa shape index (κ2) is 8.27. The monoisotopic (exact) mass is 333 g/mol. The summed E-state index contributed by atoms with van der Waals surface area (Å²) in [4.78, 5) is 33.7. The average Bonchev–Trinajstić information content (AvgIpc) is 2.45. The van der Waals surface area contributed by atoms with E-state index in [0.717, 1.165) is 0 Å². The highest BCUT2D eigenvalue weighted by Gasteiger charge is 2.29. The van der Waals surface area contributed by atoms with Crippen LogP contribution in [-0.2, 0) is 0 Å². The van der Waals surface area contributed by atoms with Gasteiger partial charge in [-0.05, 0) is 61.5 Å². The molecular weight excluding hydrogens is 302 g/mol. The van der Waals surface area contributed by atoms with Crippen LogP contribution in [0.3, 0.4) is 0 Å². The molecule has 0 radical (unpaired) electrons. The molecule has 0 fully saturated rings. The van der Waals surface area contributed by atoms with Gasteiger partial charge in [0.15, 0.2) is 0 Å². The Kier molecular flexibility index (Phi) is 6.93. The van der Waals surface area contributed by atoms with Crippen molar-refractivity contribution >= 4 is 11.8 Å². The summed E-state index contributed by atoms with van der Waals surface area (Å²) in [5.41, 5.74) is 0.792. The number of pyridine rings is 1. The first kappa shape index (κ1) is 20.1. The van der Waals surface area contributed by atoms with Gasteiger partial charge in [0.05, 0.1) is 11.1 Å². The SMILES string of the molecule is CC(C)N(C(=O)c1ccncc1C(=O)N(C(C)C)C(C)C)C(C)C. The van der Waals surface area contributed by atoms with E-state index in [1.165, 1.54) is 6.20 Å². The Morgan fingerprint density at radius 2 is 1.12 bits per heavy atom. The van der Waals surface area contributed by atoms with Gasteiger partial charge in [0.2, 0.25) is 0 Å². The molecule has 0 aliphatic rings. The molecule has 0 aliphatic heterocycles. The standard InChI is InChI=1S/C19H31N3O2/c1-12(2)21(13(3)4)18(23)16-9-10-20-11-17(16)19(24)22(14(5)6)15(7)8/h9-15H,1-8H3. The van der Waals surface area contributed by atoms with Gasteiger partial charge in [-0.15, -0.1) is 0 Å². The maximum atomic E-state index is 13.0. The van der Waals surface area contributed by atoms with E-state index in [1.807, 2.05) is 55.4 Å². The van der Waals surface area contributed by atoms with Crippen molar-refractivity contribution in [3.63, 3.8) is 0 Å². The van der Waals surface area contributed by atoms with Crippen LogP contribution in [0.1, 0.15) is 76.1 Å². The summed E-state index contributed by atoms with van der Waals surface area (Å²) in [5, 5.41) is 0. The van der Waals surface area contributed by atoms with Crippen molar-refractivity contribution in [2.75, 3.05) is 0 Å². The Balaban J connectivity index is 3.35. The molecule has 0 atom stereocenters. The Hall–Kier alpha value is -1.91. The summed E-state index contributed by atoms with van der Waals surface area (Å²) in [6.45, 7) is 15.8. The summed E-state index contributed by atoms with van der Waals surface area (Å²) in [7, 11) is 0. The van der Waals surface area contributed by atoms with Crippen LogP contribution in [0, 0.1) is 0 Å². The molecule has 134 valence electrons. The normalized spacial score (nSPS) is 11.5. The molecule has 5 heteroatoms. The van der Waals surface area contributed by atoms with Crippen LogP contribution >= 0.6 is 0 Å². The van der Waals surface area contributed by atoms with Crippen molar-refractivity contribution in [3.05, 3.63) is 29.6 Å². The second-order valence-corrected chi connectivity index (χ2v) is 7.22. The number of nitrogens with zero attached hydrogens (tertiary/aromatic N) is 3. The van der Waals surface area contributed by atoms with Crippen molar-refractivity contribution in [2.45, 2.75) is 79.6 Å². The minimum absolute atomic E-state index is 0.0481. The van der Waals surface area contributed by atoms with Gasteiger partial charge in [0.1, 0.15) is 0 Å². The average molecular weight is 333 g/mol. The van der Waals surface area contributed by atoms with E-state index in [2.05, 4.69) is 4.98 Å². The number of hydrogen-bond donors (Lipinski definition) is 0. The molecule has 0 bridgehead atoms. The smallest absolute Gasteiger partial charge is 0.256 e. The van der Waals surface area contributed by atoms with Crippen LogP contribution < -0.4 is 0 Å². The largest absolute Gasteiger partial charge is 0.334 e. The van der Waals surface area contributed by atoms with E-state index < -0.39 is 0 Å². The molecule has 0 N–H and O–H groups in total. The first-order valence-corrected chi connectivity index (χ1v) is 8.68. The fraction of sp³-hybridized carbons (Fsp3) is 0.632. The highest BCUT2D eigenvalue weighted by Crippen LogP contribution is 2.19. The van der Waals surface area contributed by atoms with Gasteiger partial charge in [0.25, 0.3) is 11.8 Å². The molecular formula is C19H31N3O2. The number of carbonyl (C=O) groups is 2. The fourth-order valence-electron chi connectivity index (χ4n) is 3.16. The molecule has 0 saturated heterocycles. The molecule has 0 saturated carbocycles. The third-order valence-electron chi connectivity index (χ3n) is 3.98. The predicted octanol–water partition coefficient (Wildman–Crippen LogP) is 3.60. The summed E-state index contributed by atoms with van der Waals surface area (Å²) in [6.07, 6.45) is 3.07. The van der Waals surface area contributed by atoms with Crippen molar-refractivity contribution < 1.29 is 9.59 Å². The van der Waals surface area contributed by atoms with Crippen LogP contribution in [0.5, 0.6) is 0 Å². The van der Waals surface area contributed by atoms with Gasteiger partial charge < -0.3 is 9.80 Å². The van der Waals surface area contributed by atoms with Crippen molar-refractivity contribution in [1.82, 2.24) is 14.8 Å². The molecule has 0 aromatic carbocycles. The van der Waals surface area contributed by atoms with Gasteiger partial charge in [-0.25, -0.2) is 0 Å². The fourth-order valence-corrected chi connectivity index (χ4v) is 3.16. The molecule has 2 amide bonds. The number of aromatic nitrogens is 1. The van der Waals surface area contributed by atoms with Crippen LogP contribution in [-0.4, -0.2) is 50.8 Å². The van der Waals surface area contributed by atoms with E-state index in [0.29, 0.717) is 11.1 Å². The Morgan fingerprint density at radius 1 is 0.750 bits per heavy atom. The lowest BCUT2D eigenvalue weighted by molar-refractivity contribution is 0.0600. The van der Waals surface area contributed by atoms with E-state index in [1.54, 1.807) is 22.1 Å². The maximum Gasteiger partial charge on any atom is 0.256 e. The Bertz CT molecular complexity index is 513. The predicted molar refractivity (Wildman–Crippen MR) is 97.1 cm³/mol. The van der Waals surface area contributed by atoms with Crippen LogP contribution in [0.25, 0.3) is 0 Å². The molecule has 1 aromatic heterocycles. The Morgan fingerprint density at radius 3 is 1.50 bits per heavy atom. The van der Waals surface area contributed by atoms with Crippen LogP contribution in [0.4, 0.5) is 0 Å². The first-order valence-electron chi connectivity index (χ1n) is 8.68. The third kappa shape index (κ3) is 4.34. The van der Waals surface area contributed by atoms with E-state index >= 15 is 0 Å². The minimum Gasteiger partial charge on any atom is -0.334 e. The summed E-state index contributed by atoms with van der Waals surface area (Å²) in [5.74, 6) is -0.276. The lowest BCUT2D eigenvalue weighted by atomic mass is 10.0. The molecule has 1 aromatic rings. The lowest BCUT2D eigenvalue weighted by Gasteiger charge is -2.33. The zero-order valence-electron chi connectivity index (χ0n) is 16.2. The van der Waals surface area contributed by atoms with Gasteiger partial charge in [-0.1, -0.05) is 0 Å². The quantitative estimate of drug-likeness (QED) is 0.799. The number of amides is 2. The van der Waals surface area contributed by atoms with Gasteiger partial charge in [-0.2, -0.15) is 0 Å². The van der Waals surface area contributed by atoms with Gasteiger partial charge in [-0.3, -0.25) is 14.6 Å². The van der Waals surface area contributed by atoms with E-state index in [9.17, 15) is 9.59 Å². The number of rotatable bonds is 6. The summed E-state index contributed by atoms with van der Waals surface area (Å²) in [6, 6.07) is 1.85. The maximum absolute atomic E-state index is 13.0. The summed E-state index contributed by atoms with van der Waals surface area (Å²) >= 11 is 0. The molecule has 0 unspecified atom stereocenters. The highest BCUT2D eigenvalue weighted by atomic mass is 16.2. The first-order chi connectivity index (χ1) is 11.1. The molecule has 24 heavy (non-hydrogen) atoms.